The number of pyridine rings is 3. The zero-order valence-electron chi connectivity index (χ0n) is 26.6. The smallest absolute Gasteiger partial charge is 0.201 e. The summed E-state index contributed by atoms with van der Waals surface area (Å²) in [5.74, 6) is 1.01. The van der Waals surface area contributed by atoms with Gasteiger partial charge in [-0.25, -0.2) is 0 Å². The number of hydrogen-bond acceptors (Lipinski definition) is 7. The van der Waals surface area contributed by atoms with Gasteiger partial charge in [-0.15, -0.1) is 69.9 Å². The molecule has 4 aromatic carbocycles. The molecule has 50 heavy (non-hydrogen) atoms. The Morgan fingerprint density at radius 3 is 1.98 bits per heavy atom. The van der Waals surface area contributed by atoms with Crippen LogP contribution in [0.2, 0.25) is 0 Å². The van der Waals surface area contributed by atoms with E-state index < -0.39 is 5.41 Å². The van der Waals surface area contributed by atoms with Crippen LogP contribution in [0.3, 0.4) is 0 Å². The van der Waals surface area contributed by atoms with Crippen molar-refractivity contribution in [3.8, 4) is 45.2 Å². The van der Waals surface area contributed by atoms with Gasteiger partial charge < -0.3 is 4.98 Å². The molecule has 7 nitrogen and oxygen atoms in total. The first-order chi connectivity index (χ1) is 24.3. The van der Waals surface area contributed by atoms with Crippen LogP contribution >= 0.6 is 0 Å². The van der Waals surface area contributed by atoms with Gasteiger partial charge in [0.05, 0.1) is 11.1 Å². The molecule has 8 aromatic rings. The molecular weight excluding hydrogens is 795 g/mol. The molecule has 0 bridgehead atoms. The molecule has 1 unspecified atom stereocenters. The number of benzene rings is 4. The van der Waals surface area contributed by atoms with E-state index in [0.717, 1.165) is 39.2 Å². The van der Waals surface area contributed by atoms with E-state index in [0.29, 0.717) is 11.6 Å². The molecule has 4 aromatic heterocycles. The van der Waals surface area contributed by atoms with Gasteiger partial charge >= 0.3 is 0 Å². The van der Waals surface area contributed by atoms with Crippen molar-refractivity contribution in [3.63, 3.8) is 0 Å². The van der Waals surface area contributed by atoms with Crippen molar-refractivity contribution in [1.29, 1.82) is 0 Å². The summed E-state index contributed by atoms with van der Waals surface area (Å²) in [6.07, 6.45) is 7.46. The normalized spacial score (nSPS) is 13.9. The van der Waals surface area contributed by atoms with Crippen LogP contribution in [0.25, 0.3) is 45.2 Å². The van der Waals surface area contributed by atoms with Gasteiger partial charge in [0.15, 0.2) is 0 Å². The predicted molar refractivity (Wildman–Crippen MR) is 189 cm³/mol. The maximum atomic E-state index is 4.88. The number of nitrogens with zero attached hydrogens (tertiary/aromatic N) is 7. The molecule has 1 aliphatic rings. The first kappa shape index (κ1) is 32.5. The average Bonchev–Trinajstić information content (AvgIpc) is 3.51. The van der Waals surface area contributed by atoms with Gasteiger partial charge in [-0.3, -0.25) is 9.97 Å². The van der Waals surface area contributed by atoms with E-state index in [9.17, 15) is 0 Å². The second-order valence-electron chi connectivity index (χ2n) is 11.3. The summed E-state index contributed by atoms with van der Waals surface area (Å²) in [7, 11) is 0. The van der Waals surface area contributed by atoms with Gasteiger partial charge in [0, 0.05) is 50.5 Å². The van der Waals surface area contributed by atoms with Gasteiger partial charge in [-0.05, 0) is 46.6 Å². The summed E-state index contributed by atoms with van der Waals surface area (Å²) in [5, 5.41) is 16.3. The van der Waals surface area contributed by atoms with Gasteiger partial charge in [0.2, 0.25) is 5.82 Å². The van der Waals surface area contributed by atoms with Crippen LogP contribution in [0, 0.1) is 12.1 Å². The minimum absolute atomic E-state index is 0. The first-order valence-corrected chi connectivity index (χ1v) is 15.8. The van der Waals surface area contributed by atoms with Gasteiger partial charge in [0.1, 0.15) is 5.82 Å². The fourth-order valence-electron chi connectivity index (χ4n) is 6.46. The maximum Gasteiger partial charge on any atom is 0.201 e. The summed E-state index contributed by atoms with van der Waals surface area (Å²) in [4.78, 5) is 14.0. The topological polar surface area (TPSA) is 90.2 Å². The summed E-state index contributed by atoms with van der Waals surface area (Å²) in [6.45, 7) is 0. The SMILES string of the molecule is [Ir].[c-]1ccc2c(c1-c1ccccn1)C(c1cccnc1)(c1ccccn1)c1ccccc1-2.[c-]1ccccc1-c1nnc(-c2ccccc2)nn1. The van der Waals surface area contributed by atoms with Crippen LogP contribution in [-0.2, 0) is 25.5 Å². The minimum Gasteiger partial charge on any atom is -0.305 e. The zero-order valence-corrected chi connectivity index (χ0v) is 28.9. The van der Waals surface area contributed by atoms with E-state index in [2.05, 4.69) is 85.0 Å². The molecular formula is C42H27IrN7-2. The number of fused-ring (bicyclic) bond motifs is 3. The Hall–Kier alpha value is -6.08. The number of aromatic nitrogens is 7. The molecule has 0 spiro atoms. The number of rotatable bonds is 5. The van der Waals surface area contributed by atoms with Crippen LogP contribution in [0.15, 0.2) is 164 Å². The Morgan fingerprint density at radius 2 is 1.26 bits per heavy atom. The quantitative estimate of drug-likeness (QED) is 0.162. The van der Waals surface area contributed by atoms with E-state index in [1.807, 2.05) is 122 Å². The minimum atomic E-state index is -0.605. The van der Waals surface area contributed by atoms with Crippen LogP contribution in [0.4, 0.5) is 0 Å². The molecule has 241 valence electrons. The van der Waals surface area contributed by atoms with Crippen molar-refractivity contribution in [2.45, 2.75) is 5.41 Å². The third-order valence-electron chi connectivity index (χ3n) is 8.52. The molecule has 0 N–H and O–H groups in total. The summed E-state index contributed by atoms with van der Waals surface area (Å²) in [6, 6.07) is 52.7. The van der Waals surface area contributed by atoms with Crippen molar-refractivity contribution in [2.75, 3.05) is 0 Å². The first-order valence-electron chi connectivity index (χ1n) is 15.8. The molecule has 4 heterocycles. The van der Waals surface area contributed by atoms with Gasteiger partial charge in [-0.2, -0.15) is 10.2 Å². The van der Waals surface area contributed by atoms with Gasteiger partial charge in [-0.1, -0.05) is 90.0 Å². The van der Waals surface area contributed by atoms with E-state index in [1.54, 1.807) is 0 Å². The molecule has 9 rings (SSSR count). The molecule has 0 fully saturated rings. The van der Waals surface area contributed by atoms with Crippen molar-refractivity contribution in [2.24, 2.45) is 0 Å². The molecule has 8 heteroatoms. The Balaban J connectivity index is 0.000000176. The summed E-state index contributed by atoms with van der Waals surface area (Å²) < 4.78 is 0. The van der Waals surface area contributed by atoms with Crippen LogP contribution in [-0.4, -0.2) is 35.3 Å². The molecule has 0 aliphatic heterocycles. The third kappa shape index (κ3) is 5.92. The summed E-state index contributed by atoms with van der Waals surface area (Å²) >= 11 is 0. The second kappa shape index (κ2) is 14.6. The van der Waals surface area contributed by atoms with Gasteiger partial charge in [0.25, 0.3) is 0 Å². The van der Waals surface area contributed by atoms with Crippen molar-refractivity contribution >= 4 is 0 Å². The van der Waals surface area contributed by atoms with Crippen LogP contribution in [0.1, 0.15) is 22.4 Å². The molecule has 1 radical (unpaired) electrons. The van der Waals surface area contributed by atoms with Crippen molar-refractivity contribution in [1.82, 2.24) is 35.3 Å². The molecule has 1 atom stereocenters. The van der Waals surface area contributed by atoms with E-state index in [4.69, 9.17) is 4.98 Å². The monoisotopic (exact) mass is 822 g/mol. The van der Waals surface area contributed by atoms with Crippen LogP contribution in [0.5, 0.6) is 0 Å². The van der Waals surface area contributed by atoms with Crippen molar-refractivity contribution < 1.29 is 20.1 Å². The zero-order chi connectivity index (χ0) is 32.9. The predicted octanol–water partition coefficient (Wildman–Crippen LogP) is 8.10. The number of hydrogen-bond donors (Lipinski definition) is 0. The van der Waals surface area contributed by atoms with E-state index in [1.165, 1.54) is 16.7 Å². The fraction of sp³-hybridized carbons (Fsp3) is 0.0238. The Bertz CT molecular complexity index is 2210. The van der Waals surface area contributed by atoms with Crippen LogP contribution < -0.4 is 0 Å². The van der Waals surface area contributed by atoms with E-state index >= 15 is 0 Å². The van der Waals surface area contributed by atoms with E-state index in [-0.39, 0.29) is 20.1 Å². The largest absolute Gasteiger partial charge is 0.305 e. The fourth-order valence-corrected chi connectivity index (χ4v) is 6.46. The Morgan fingerprint density at radius 1 is 0.520 bits per heavy atom. The summed E-state index contributed by atoms with van der Waals surface area (Å²) in [5.41, 5.74) is 9.77. The second-order valence-corrected chi connectivity index (χ2v) is 11.3. The molecule has 0 saturated heterocycles. The molecule has 0 saturated carbocycles. The van der Waals surface area contributed by atoms with Crippen molar-refractivity contribution in [3.05, 3.63) is 199 Å². The molecule has 0 amide bonds. The average molecular weight is 822 g/mol. The third-order valence-corrected chi connectivity index (χ3v) is 8.52. The standard InChI is InChI=1S/C28H18N3.C14H9N4.Ir/c1-2-13-24-21(10-1)22-11-7-12-23(25-14-3-5-17-30-25)27(22)28(24,20-9-8-16-29-19-20)26-15-4-6-18-31-26;1-3-7-11(8-4-1)13-15-17-14(18-16-13)12-9-5-2-6-10-12;/h1-11,13-19H;1-9H;/q2*-1;. The maximum absolute atomic E-state index is 4.88. The Labute approximate surface area is 303 Å². The molecule has 1 aliphatic carbocycles. The Kier molecular flexibility index (Phi) is 9.47.